The second-order valence-corrected chi connectivity index (χ2v) is 12.9. The number of carbonyl (C=O) groups excluding carboxylic acids is 4. The van der Waals surface area contributed by atoms with E-state index in [0.29, 0.717) is 28.9 Å². The van der Waals surface area contributed by atoms with E-state index < -0.39 is 29.2 Å². The van der Waals surface area contributed by atoms with Gasteiger partial charge in [0.25, 0.3) is 11.8 Å². The van der Waals surface area contributed by atoms with Crippen LogP contribution < -0.4 is 10.6 Å². The number of benzene rings is 2. The second kappa shape index (κ2) is 12.9. The summed E-state index contributed by atoms with van der Waals surface area (Å²) in [6.07, 6.45) is 2.95. The zero-order valence-corrected chi connectivity index (χ0v) is 26.7. The van der Waals surface area contributed by atoms with Crippen molar-refractivity contribution in [1.82, 2.24) is 40.6 Å². The van der Waals surface area contributed by atoms with Crippen LogP contribution in [0, 0.1) is 18.6 Å². The number of amides is 4. The van der Waals surface area contributed by atoms with E-state index in [0.717, 1.165) is 0 Å². The van der Waals surface area contributed by atoms with Crippen LogP contribution in [0.4, 0.5) is 8.78 Å². The summed E-state index contributed by atoms with van der Waals surface area (Å²) in [5.74, 6) is -2.08. The van der Waals surface area contributed by atoms with Gasteiger partial charge in [-0.1, -0.05) is 10.4 Å². The molecule has 49 heavy (non-hydrogen) atoms. The molecule has 0 radical (unpaired) electrons. The molecule has 2 aromatic carbocycles. The number of hydrogen-bond acceptors (Lipinski definition) is 8. The van der Waals surface area contributed by atoms with Crippen molar-refractivity contribution in [2.24, 2.45) is 0 Å². The normalized spacial score (nSPS) is 21.2. The predicted molar refractivity (Wildman–Crippen MR) is 169 cm³/mol. The average molecular weight is 673 g/mol. The Hall–Kier alpha value is -5.47. The van der Waals surface area contributed by atoms with Crippen LogP contribution in [0.25, 0.3) is 11.3 Å². The Balaban J connectivity index is 1.14. The average Bonchev–Trinajstić information content (AvgIpc) is 3.74. The van der Waals surface area contributed by atoms with Gasteiger partial charge in [0.15, 0.2) is 5.76 Å². The third kappa shape index (κ3) is 6.39. The summed E-state index contributed by atoms with van der Waals surface area (Å²) < 4.78 is 34.1. The third-order valence-electron chi connectivity index (χ3n) is 9.77. The fraction of sp³-hybridized carbons (Fsp3) is 0.382. The summed E-state index contributed by atoms with van der Waals surface area (Å²) in [7, 11) is 0. The van der Waals surface area contributed by atoms with Crippen LogP contribution in [0.1, 0.15) is 70.3 Å². The molecule has 1 spiro atoms. The molecule has 4 amide bonds. The number of aryl methyl sites for hydroxylation is 1. The summed E-state index contributed by atoms with van der Waals surface area (Å²) in [4.78, 5) is 58.1. The first-order chi connectivity index (χ1) is 23.6. The largest absolute Gasteiger partial charge is 0.358 e. The number of nitrogens with zero attached hydrogens (tertiary/aromatic N) is 6. The lowest BCUT2D eigenvalue weighted by Crippen LogP contribution is -2.60. The molecule has 7 rings (SSSR count). The van der Waals surface area contributed by atoms with Crippen molar-refractivity contribution in [3.05, 3.63) is 88.9 Å². The molecular weight excluding hydrogens is 638 g/mol. The minimum Gasteiger partial charge on any atom is -0.358 e. The first-order valence-corrected chi connectivity index (χ1v) is 16.2. The van der Waals surface area contributed by atoms with Gasteiger partial charge in [0.05, 0.1) is 36.4 Å². The van der Waals surface area contributed by atoms with Crippen molar-refractivity contribution in [2.45, 2.75) is 63.2 Å². The number of rotatable bonds is 3. The van der Waals surface area contributed by atoms with Crippen LogP contribution >= 0.6 is 0 Å². The van der Waals surface area contributed by atoms with Crippen LogP contribution in [0.5, 0.6) is 0 Å². The molecule has 2 fully saturated rings. The van der Waals surface area contributed by atoms with Gasteiger partial charge >= 0.3 is 0 Å². The van der Waals surface area contributed by atoms with E-state index in [4.69, 9.17) is 4.52 Å². The van der Waals surface area contributed by atoms with Crippen LogP contribution in [-0.2, 0) is 16.1 Å². The van der Waals surface area contributed by atoms with Gasteiger partial charge in [-0.15, -0.1) is 5.10 Å². The third-order valence-corrected chi connectivity index (χ3v) is 9.77. The lowest BCUT2D eigenvalue weighted by Gasteiger charge is -2.45. The van der Waals surface area contributed by atoms with Crippen LogP contribution in [0.2, 0.25) is 0 Å². The number of halogens is 2. The molecule has 15 heteroatoms. The maximum Gasteiger partial charge on any atom is 0.257 e. The Kier molecular flexibility index (Phi) is 8.42. The van der Waals surface area contributed by atoms with E-state index in [-0.39, 0.29) is 86.9 Å². The fourth-order valence-corrected chi connectivity index (χ4v) is 7.01. The van der Waals surface area contributed by atoms with Gasteiger partial charge in [-0.2, -0.15) is 0 Å². The van der Waals surface area contributed by atoms with E-state index in [1.807, 2.05) is 0 Å². The minimum atomic E-state index is -1.03. The van der Waals surface area contributed by atoms with Gasteiger partial charge in [0.2, 0.25) is 11.8 Å². The monoisotopic (exact) mass is 672 g/mol. The van der Waals surface area contributed by atoms with Gasteiger partial charge in [-0.05, 0) is 81.1 Å². The number of aromatic nitrogens is 4. The zero-order valence-electron chi connectivity index (χ0n) is 26.7. The van der Waals surface area contributed by atoms with Crippen LogP contribution in [-0.4, -0.2) is 84.8 Å². The molecule has 2 saturated heterocycles. The molecule has 254 valence electrons. The molecule has 0 bridgehead atoms. The van der Waals surface area contributed by atoms with Crippen molar-refractivity contribution in [3.63, 3.8) is 0 Å². The lowest BCUT2D eigenvalue weighted by molar-refractivity contribution is -0.144. The molecule has 3 aliphatic heterocycles. The molecular formula is C34H34F2N8O5. The number of fused-ring (bicyclic) bond motifs is 2. The number of nitrogens with one attached hydrogen (secondary N) is 2. The van der Waals surface area contributed by atoms with Crippen molar-refractivity contribution >= 4 is 23.6 Å². The first-order valence-electron chi connectivity index (χ1n) is 16.2. The SMILES string of the molecule is Cc1noc2c1C(=O)NC1(CCN(C(=O)c3ccc(F)cc3)CC1)CC(=O)N1CC[C@H](n3cc(-c4ccc(F)cc4)nn3)C[C@H]1C(=O)NC2. The van der Waals surface area contributed by atoms with Gasteiger partial charge in [0.1, 0.15) is 28.9 Å². The van der Waals surface area contributed by atoms with E-state index >= 15 is 0 Å². The van der Waals surface area contributed by atoms with E-state index in [1.165, 1.54) is 36.4 Å². The highest BCUT2D eigenvalue weighted by Gasteiger charge is 2.45. The molecule has 2 atom stereocenters. The highest BCUT2D eigenvalue weighted by Crippen LogP contribution is 2.33. The summed E-state index contributed by atoms with van der Waals surface area (Å²) in [6.45, 7) is 2.25. The van der Waals surface area contributed by atoms with Crippen molar-refractivity contribution < 1.29 is 32.5 Å². The predicted octanol–water partition coefficient (Wildman–Crippen LogP) is 3.18. The molecule has 2 aromatic heterocycles. The second-order valence-electron chi connectivity index (χ2n) is 12.9. The smallest absolute Gasteiger partial charge is 0.257 e. The van der Waals surface area contributed by atoms with Crippen molar-refractivity contribution in [1.29, 1.82) is 0 Å². The summed E-state index contributed by atoms with van der Waals surface area (Å²) in [6, 6.07) is 10.1. The van der Waals surface area contributed by atoms with Crippen LogP contribution in [0.15, 0.2) is 59.3 Å². The Labute approximate surface area is 279 Å². The topological polar surface area (TPSA) is 156 Å². The fourth-order valence-electron chi connectivity index (χ4n) is 7.01. The van der Waals surface area contributed by atoms with Crippen molar-refractivity contribution in [2.75, 3.05) is 19.6 Å². The summed E-state index contributed by atoms with van der Waals surface area (Å²) >= 11 is 0. The van der Waals surface area contributed by atoms with E-state index in [2.05, 4.69) is 26.1 Å². The summed E-state index contributed by atoms with van der Waals surface area (Å²) in [5.41, 5.74) is 1.09. The van der Waals surface area contributed by atoms with Gasteiger partial charge in [-0.3, -0.25) is 19.2 Å². The zero-order chi connectivity index (χ0) is 34.3. The molecule has 13 nitrogen and oxygen atoms in total. The Morgan fingerprint density at radius 2 is 1.67 bits per heavy atom. The molecule has 3 aliphatic rings. The standard InChI is InChI=1S/C34H34F2N8O5/c1-20-30-28(49-40-20)18-37-31(46)27-16-25(44-19-26(39-41-44)21-2-6-23(35)7-3-21)10-13-43(27)29(45)17-34(38-32(30)47)11-14-42(15-12-34)33(48)22-4-8-24(36)9-5-22/h2-9,19,25,27H,10-18H2,1H3,(H,37,46)(H,38,47)/t25-,27-/m0/s1. The number of likely N-dealkylation sites (tertiary alicyclic amines) is 1. The highest BCUT2D eigenvalue weighted by molar-refractivity contribution is 5.98. The maximum absolute atomic E-state index is 14.2. The van der Waals surface area contributed by atoms with Gasteiger partial charge in [-0.25, -0.2) is 13.5 Å². The molecule has 4 aromatic rings. The minimum absolute atomic E-state index is 0.0938. The molecule has 0 aliphatic carbocycles. The molecule has 2 N–H and O–H groups in total. The number of piperidine rings is 2. The van der Waals surface area contributed by atoms with Crippen molar-refractivity contribution in [3.8, 4) is 11.3 Å². The van der Waals surface area contributed by atoms with Gasteiger partial charge < -0.3 is 25.0 Å². The maximum atomic E-state index is 14.2. The summed E-state index contributed by atoms with van der Waals surface area (Å²) in [5, 5.41) is 18.5. The molecule has 5 heterocycles. The highest BCUT2D eigenvalue weighted by atomic mass is 19.1. The number of hydrogen-bond donors (Lipinski definition) is 2. The van der Waals surface area contributed by atoms with E-state index in [9.17, 15) is 28.0 Å². The Morgan fingerprint density at radius 3 is 2.39 bits per heavy atom. The molecule has 0 saturated carbocycles. The van der Waals surface area contributed by atoms with Gasteiger partial charge in [0, 0.05) is 30.8 Å². The Morgan fingerprint density at radius 1 is 0.980 bits per heavy atom. The first kappa shape index (κ1) is 32.1. The quantitative estimate of drug-likeness (QED) is 0.336. The van der Waals surface area contributed by atoms with Crippen LogP contribution in [0.3, 0.4) is 0 Å². The molecule has 0 unspecified atom stereocenters. The lowest BCUT2D eigenvalue weighted by atomic mass is 9.82. The van der Waals surface area contributed by atoms with E-state index in [1.54, 1.807) is 39.7 Å². The Bertz CT molecular complexity index is 1900. The number of carbonyl (C=O) groups is 4.